The Morgan fingerprint density at radius 2 is 1.57 bits per heavy atom. The molecule has 0 spiro atoms. The van der Waals surface area contributed by atoms with Crippen LogP contribution in [0.15, 0.2) is 42.5 Å². The van der Waals surface area contributed by atoms with Gasteiger partial charge in [0.25, 0.3) is 0 Å². The maximum Gasteiger partial charge on any atom is 0.161 e. The highest BCUT2D eigenvalue weighted by Crippen LogP contribution is 2.27. The number of nitrogens with one attached hydrogen (secondary N) is 1. The molecule has 0 unspecified atom stereocenters. The maximum atomic E-state index is 12.8. The Labute approximate surface area is 124 Å². The van der Waals surface area contributed by atoms with Gasteiger partial charge in [-0.3, -0.25) is 0 Å². The summed E-state index contributed by atoms with van der Waals surface area (Å²) in [7, 11) is 3.25. The van der Waals surface area contributed by atoms with Gasteiger partial charge in [-0.1, -0.05) is 18.2 Å². The van der Waals surface area contributed by atoms with E-state index in [0.29, 0.717) is 0 Å². The summed E-state index contributed by atoms with van der Waals surface area (Å²) in [5, 5.41) is 3.36. The molecule has 0 fully saturated rings. The molecule has 112 valence electrons. The summed E-state index contributed by atoms with van der Waals surface area (Å²) in [6.07, 6.45) is 0.869. The summed E-state index contributed by atoms with van der Waals surface area (Å²) in [5.74, 6) is 1.26. The van der Waals surface area contributed by atoms with Crippen molar-refractivity contribution in [2.24, 2.45) is 0 Å². The molecule has 0 saturated heterocycles. The van der Waals surface area contributed by atoms with Crippen LogP contribution in [0.2, 0.25) is 0 Å². The van der Waals surface area contributed by atoms with Gasteiger partial charge in [-0.15, -0.1) is 0 Å². The Morgan fingerprint density at radius 1 is 0.905 bits per heavy atom. The van der Waals surface area contributed by atoms with Gasteiger partial charge in [-0.2, -0.15) is 0 Å². The smallest absolute Gasteiger partial charge is 0.161 e. The van der Waals surface area contributed by atoms with Crippen molar-refractivity contribution in [3.63, 3.8) is 0 Å². The number of methoxy groups -OCH3 is 2. The molecule has 3 nitrogen and oxygen atoms in total. The van der Waals surface area contributed by atoms with Crippen LogP contribution in [0.4, 0.5) is 4.39 Å². The predicted octanol–water partition coefficient (Wildman–Crippen LogP) is 3.18. The van der Waals surface area contributed by atoms with Crippen molar-refractivity contribution >= 4 is 0 Å². The fourth-order valence-corrected chi connectivity index (χ4v) is 2.11. The SMILES string of the molecule is COc1ccc(CNCCc2ccc(F)cc2)cc1OC. The van der Waals surface area contributed by atoms with Gasteiger partial charge in [0.05, 0.1) is 14.2 Å². The Balaban J connectivity index is 1.82. The lowest BCUT2D eigenvalue weighted by Gasteiger charge is -2.10. The molecule has 0 saturated carbocycles. The molecule has 0 bridgehead atoms. The van der Waals surface area contributed by atoms with E-state index in [2.05, 4.69) is 5.32 Å². The molecule has 0 heterocycles. The number of benzene rings is 2. The molecule has 0 aliphatic rings. The summed E-state index contributed by atoms with van der Waals surface area (Å²) in [5.41, 5.74) is 2.25. The molecule has 2 rings (SSSR count). The van der Waals surface area contributed by atoms with Gasteiger partial charge in [0, 0.05) is 6.54 Å². The van der Waals surface area contributed by atoms with Crippen molar-refractivity contribution < 1.29 is 13.9 Å². The zero-order valence-corrected chi connectivity index (χ0v) is 12.4. The molecule has 21 heavy (non-hydrogen) atoms. The van der Waals surface area contributed by atoms with Gasteiger partial charge in [0.1, 0.15) is 5.82 Å². The average Bonchev–Trinajstić information content (AvgIpc) is 2.53. The van der Waals surface area contributed by atoms with Gasteiger partial charge in [0.15, 0.2) is 11.5 Å². The Kier molecular flexibility index (Phi) is 5.58. The average molecular weight is 289 g/mol. The van der Waals surface area contributed by atoms with Gasteiger partial charge in [-0.05, 0) is 48.4 Å². The quantitative estimate of drug-likeness (QED) is 0.794. The Bertz CT molecular complexity index is 570. The molecule has 2 aromatic carbocycles. The van der Waals surface area contributed by atoms with E-state index in [4.69, 9.17) is 9.47 Å². The maximum absolute atomic E-state index is 12.8. The predicted molar refractivity (Wildman–Crippen MR) is 81.4 cm³/mol. The summed E-state index contributed by atoms with van der Waals surface area (Å²) in [6, 6.07) is 12.5. The summed E-state index contributed by atoms with van der Waals surface area (Å²) in [6.45, 7) is 1.58. The fourth-order valence-electron chi connectivity index (χ4n) is 2.11. The van der Waals surface area contributed by atoms with Gasteiger partial charge >= 0.3 is 0 Å². The van der Waals surface area contributed by atoms with Gasteiger partial charge in [-0.25, -0.2) is 4.39 Å². The first kappa shape index (κ1) is 15.3. The van der Waals surface area contributed by atoms with E-state index in [1.54, 1.807) is 14.2 Å². The van der Waals surface area contributed by atoms with E-state index in [9.17, 15) is 4.39 Å². The standard InChI is InChI=1S/C17H20FNO2/c1-20-16-8-5-14(11-17(16)21-2)12-19-10-9-13-3-6-15(18)7-4-13/h3-8,11,19H,9-10,12H2,1-2H3. The third-order valence-corrected chi connectivity index (χ3v) is 3.28. The molecule has 0 atom stereocenters. The van der Waals surface area contributed by atoms with E-state index < -0.39 is 0 Å². The number of hydrogen-bond donors (Lipinski definition) is 1. The third kappa shape index (κ3) is 4.46. The van der Waals surface area contributed by atoms with Crippen molar-refractivity contribution in [3.05, 3.63) is 59.4 Å². The summed E-state index contributed by atoms with van der Waals surface area (Å²) in [4.78, 5) is 0. The van der Waals surface area contributed by atoms with E-state index >= 15 is 0 Å². The lowest BCUT2D eigenvalue weighted by Crippen LogP contribution is -2.16. The van der Waals surface area contributed by atoms with Crippen LogP contribution in [-0.2, 0) is 13.0 Å². The van der Waals surface area contributed by atoms with E-state index in [-0.39, 0.29) is 5.82 Å². The lowest BCUT2D eigenvalue weighted by molar-refractivity contribution is 0.354. The van der Waals surface area contributed by atoms with Crippen LogP contribution >= 0.6 is 0 Å². The minimum absolute atomic E-state index is 0.197. The van der Waals surface area contributed by atoms with Gasteiger partial charge < -0.3 is 14.8 Å². The van der Waals surface area contributed by atoms with Crippen molar-refractivity contribution in [1.29, 1.82) is 0 Å². The molecule has 0 radical (unpaired) electrons. The second kappa shape index (κ2) is 7.64. The minimum Gasteiger partial charge on any atom is -0.493 e. The second-order valence-electron chi connectivity index (χ2n) is 4.74. The number of hydrogen-bond acceptors (Lipinski definition) is 3. The largest absolute Gasteiger partial charge is 0.493 e. The molecule has 0 amide bonds. The highest BCUT2D eigenvalue weighted by atomic mass is 19.1. The van der Waals surface area contributed by atoms with E-state index in [1.807, 2.05) is 30.3 Å². The third-order valence-electron chi connectivity index (χ3n) is 3.28. The minimum atomic E-state index is -0.197. The lowest BCUT2D eigenvalue weighted by atomic mass is 10.1. The van der Waals surface area contributed by atoms with Crippen LogP contribution in [0.5, 0.6) is 11.5 Å². The van der Waals surface area contributed by atoms with E-state index in [1.165, 1.54) is 12.1 Å². The first-order chi connectivity index (χ1) is 10.2. The van der Waals surface area contributed by atoms with Gasteiger partial charge in [0.2, 0.25) is 0 Å². The number of rotatable bonds is 7. The summed E-state index contributed by atoms with van der Waals surface area (Å²) >= 11 is 0. The van der Waals surface area contributed by atoms with Crippen molar-refractivity contribution in [3.8, 4) is 11.5 Å². The molecule has 4 heteroatoms. The zero-order valence-electron chi connectivity index (χ0n) is 12.4. The van der Waals surface area contributed by atoms with Crippen LogP contribution in [0.3, 0.4) is 0 Å². The molecular formula is C17H20FNO2. The normalized spacial score (nSPS) is 10.4. The fraction of sp³-hybridized carbons (Fsp3) is 0.294. The van der Waals surface area contributed by atoms with Crippen LogP contribution in [0, 0.1) is 5.82 Å². The first-order valence-corrected chi connectivity index (χ1v) is 6.89. The van der Waals surface area contributed by atoms with Crippen LogP contribution in [0.25, 0.3) is 0 Å². The molecule has 2 aromatic rings. The number of halogens is 1. The van der Waals surface area contributed by atoms with Crippen molar-refractivity contribution in [2.45, 2.75) is 13.0 Å². The second-order valence-corrected chi connectivity index (χ2v) is 4.74. The van der Waals surface area contributed by atoms with Crippen molar-refractivity contribution in [2.75, 3.05) is 20.8 Å². The van der Waals surface area contributed by atoms with Crippen LogP contribution < -0.4 is 14.8 Å². The highest BCUT2D eigenvalue weighted by Gasteiger charge is 2.04. The molecule has 0 aliphatic heterocycles. The highest BCUT2D eigenvalue weighted by molar-refractivity contribution is 5.42. The zero-order chi connectivity index (χ0) is 15.1. The van der Waals surface area contributed by atoms with Crippen LogP contribution in [0.1, 0.15) is 11.1 Å². The molecule has 0 aromatic heterocycles. The Hall–Kier alpha value is -2.07. The Morgan fingerprint density at radius 3 is 2.24 bits per heavy atom. The van der Waals surface area contributed by atoms with Crippen molar-refractivity contribution in [1.82, 2.24) is 5.32 Å². The number of ether oxygens (including phenoxy) is 2. The molecular weight excluding hydrogens is 269 g/mol. The molecule has 0 aliphatic carbocycles. The molecule has 1 N–H and O–H groups in total. The monoisotopic (exact) mass is 289 g/mol. The topological polar surface area (TPSA) is 30.5 Å². The first-order valence-electron chi connectivity index (χ1n) is 6.89. The van der Waals surface area contributed by atoms with Crippen LogP contribution in [-0.4, -0.2) is 20.8 Å². The van der Waals surface area contributed by atoms with E-state index in [0.717, 1.165) is 42.1 Å². The summed E-state index contributed by atoms with van der Waals surface area (Å²) < 4.78 is 23.3.